The number of hydrogen-bond acceptors (Lipinski definition) is 4. The third kappa shape index (κ3) is 5.09. The van der Waals surface area contributed by atoms with Gasteiger partial charge in [-0.2, -0.15) is 5.10 Å². The van der Waals surface area contributed by atoms with Crippen LogP contribution in [0.4, 0.5) is 0 Å². The first kappa shape index (κ1) is 18.1. The molecule has 0 aliphatic heterocycles. The minimum atomic E-state index is -3.51. The summed E-state index contributed by atoms with van der Waals surface area (Å²) in [6, 6.07) is 0. The molecule has 0 aliphatic rings. The SMILES string of the molecule is CCCCCCNS(=O)(=O)c1c(C)nn(CCCO)c1C. The largest absolute Gasteiger partial charge is 0.396 e. The standard InChI is InChI=1S/C14H27N3O3S/c1-4-5-6-7-9-15-21(19,20)14-12(2)16-17(13(14)3)10-8-11-18/h15,18H,4-11H2,1-3H3. The van der Waals surface area contributed by atoms with E-state index in [4.69, 9.17) is 5.11 Å². The van der Waals surface area contributed by atoms with E-state index in [1.165, 1.54) is 0 Å². The molecule has 21 heavy (non-hydrogen) atoms. The average Bonchev–Trinajstić information content (AvgIpc) is 2.71. The monoisotopic (exact) mass is 317 g/mol. The van der Waals surface area contributed by atoms with Gasteiger partial charge in [-0.05, 0) is 26.7 Å². The molecule has 7 heteroatoms. The highest BCUT2D eigenvalue weighted by Gasteiger charge is 2.23. The average molecular weight is 317 g/mol. The van der Waals surface area contributed by atoms with Crippen molar-refractivity contribution in [2.24, 2.45) is 0 Å². The molecular weight excluding hydrogens is 290 g/mol. The van der Waals surface area contributed by atoms with Gasteiger partial charge in [0.25, 0.3) is 0 Å². The summed E-state index contributed by atoms with van der Waals surface area (Å²) in [7, 11) is -3.51. The zero-order valence-corrected chi connectivity index (χ0v) is 14.0. The van der Waals surface area contributed by atoms with Crippen molar-refractivity contribution < 1.29 is 13.5 Å². The molecule has 2 N–H and O–H groups in total. The Morgan fingerprint density at radius 1 is 1.19 bits per heavy atom. The Labute approximate surface area is 127 Å². The topological polar surface area (TPSA) is 84.2 Å². The number of aliphatic hydroxyl groups is 1. The molecule has 1 aromatic rings. The molecule has 0 spiro atoms. The number of rotatable bonds is 10. The maximum Gasteiger partial charge on any atom is 0.244 e. The highest BCUT2D eigenvalue weighted by Crippen LogP contribution is 2.19. The molecule has 1 aromatic heterocycles. The van der Waals surface area contributed by atoms with Crippen LogP contribution in [-0.4, -0.2) is 36.5 Å². The molecule has 1 rings (SSSR count). The first-order valence-electron chi connectivity index (χ1n) is 7.58. The van der Waals surface area contributed by atoms with E-state index in [0.717, 1.165) is 25.7 Å². The van der Waals surface area contributed by atoms with Crippen LogP contribution in [0, 0.1) is 13.8 Å². The van der Waals surface area contributed by atoms with Crippen LogP contribution in [0.2, 0.25) is 0 Å². The van der Waals surface area contributed by atoms with E-state index in [0.29, 0.717) is 30.9 Å². The van der Waals surface area contributed by atoms with Crippen LogP contribution in [0.25, 0.3) is 0 Å². The summed E-state index contributed by atoms with van der Waals surface area (Å²) in [6.07, 6.45) is 4.70. The summed E-state index contributed by atoms with van der Waals surface area (Å²) in [4.78, 5) is 0.274. The molecule has 0 amide bonds. The van der Waals surface area contributed by atoms with Crippen LogP contribution < -0.4 is 4.72 Å². The lowest BCUT2D eigenvalue weighted by atomic mass is 10.2. The van der Waals surface area contributed by atoms with Crippen molar-refractivity contribution >= 4 is 10.0 Å². The van der Waals surface area contributed by atoms with Crippen molar-refractivity contribution in [3.8, 4) is 0 Å². The van der Waals surface area contributed by atoms with Crippen LogP contribution in [0.3, 0.4) is 0 Å². The molecule has 0 saturated carbocycles. The van der Waals surface area contributed by atoms with Gasteiger partial charge in [0.2, 0.25) is 10.0 Å². The molecule has 0 fully saturated rings. The highest BCUT2D eigenvalue weighted by molar-refractivity contribution is 7.89. The van der Waals surface area contributed by atoms with E-state index < -0.39 is 10.0 Å². The quantitative estimate of drug-likeness (QED) is 0.644. The Bertz CT molecular complexity index is 538. The zero-order chi connectivity index (χ0) is 15.9. The number of sulfonamides is 1. The van der Waals surface area contributed by atoms with Crippen molar-refractivity contribution in [1.82, 2.24) is 14.5 Å². The van der Waals surface area contributed by atoms with Gasteiger partial charge in [0.1, 0.15) is 4.90 Å². The van der Waals surface area contributed by atoms with Crippen molar-refractivity contribution in [2.75, 3.05) is 13.2 Å². The number of unbranched alkanes of at least 4 members (excludes halogenated alkanes) is 3. The molecule has 0 bridgehead atoms. The Morgan fingerprint density at radius 2 is 1.90 bits per heavy atom. The van der Waals surface area contributed by atoms with E-state index in [2.05, 4.69) is 16.7 Å². The fourth-order valence-electron chi connectivity index (χ4n) is 2.34. The lowest BCUT2D eigenvalue weighted by molar-refractivity contribution is 0.276. The summed E-state index contributed by atoms with van der Waals surface area (Å²) in [5, 5.41) is 13.1. The number of aromatic nitrogens is 2. The van der Waals surface area contributed by atoms with Gasteiger partial charge in [0, 0.05) is 19.7 Å². The van der Waals surface area contributed by atoms with Gasteiger partial charge in [0.15, 0.2) is 0 Å². The molecule has 0 saturated heterocycles. The van der Waals surface area contributed by atoms with Gasteiger partial charge in [-0.1, -0.05) is 26.2 Å². The maximum atomic E-state index is 12.4. The summed E-state index contributed by atoms with van der Waals surface area (Å²) in [6.45, 7) is 6.63. The third-order valence-electron chi connectivity index (χ3n) is 3.43. The number of nitrogens with zero attached hydrogens (tertiary/aromatic N) is 2. The summed E-state index contributed by atoms with van der Waals surface area (Å²) < 4.78 is 29.1. The molecule has 122 valence electrons. The molecule has 0 aliphatic carbocycles. The van der Waals surface area contributed by atoms with E-state index in [9.17, 15) is 8.42 Å². The van der Waals surface area contributed by atoms with Crippen molar-refractivity contribution in [3.05, 3.63) is 11.4 Å². The number of aliphatic hydroxyl groups excluding tert-OH is 1. The predicted octanol–water partition coefficient (Wildman–Crippen LogP) is 1.74. The van der Waals surface area contributed by atoms with Crippen molar-refractivity contribution in [1.29, 1.82) is 0 Å². The van der Waals surface area contributed by atoms with Gasteiger partial charge in [-0.3, -0.25) is 4.68 Å². The second-order valence-electron chi connectivity index (χ2n) is 5.26. The number of aryl methyl sites for hydroxylation is 2. The lowest BCUT2D eigenvalue weighted by Gasteiger charge is -2.07. The molecule has 0 atom stereocenters. The normalized spacial score (nSPS) is 12.0. The van der Waals surface area contributed by atoms with E-state index in [1.807, 2.05) is 0 Å². The minimum absolute atomic E-state index is 0.0656. The van der Waals surface area contributed by atoms with Crippen molar-refractivity contribution in [3.63, 3.8) is 0 Å². The fraction of sp³-hybridized carbons (Fsp3) is 0.786. The van der Waals surface area contributed by atoms with Crippen LogP contribution in [-0.2, 0) is 16.6 Å². The van der Waals surface area contributed by atoms with Gasteiger partial charge >= 0.3 is 0 Å². The number of hydrogen-bond donors (Lipinski definition) is 2. The highest BCUT2D eigenvalue weighted by atomic mass is 32.2. The van der Waals surface area contributed by atoms with Gasteiger partial charge in [0.05, 0.1) is 11.4 Å². The molecule has 6 nitrogen and oxygen atoms in total. The Hall–Kier alpha value is -0.920. The molecule has 0 aromatic carbocycles. The fourth-order valence-corrected chi connectivity index (χ4v) is 3.82. The lowest BCUT2D eigenvalue weighted by Crippen LogP contribution is -2.26. The van der Waals surface area contributed by atoms with Gasteiger partial charge in [-0.15, -0.1) is 0 Å². The second kappa shape index (κ2) is 8.51. The zero-order valence-electron chi connectivity index (χ0n) is 13.2. The Kier molecular flexibility index (Phi) is 7.34. The third-order valence-corrected chi connectivity index (χ3v) is 5.15. The first-order valence-corrected chi connectivity index (χ1v) is 9.07. The van der Waals surface area contributed by atoms with E-state index in [1.54, 1.807) is 18.5 Å². The first-order chi connectivity index (χ1) is 9.94. The summed E-state index contributed by atoms with van der Waals surface area (Å²) in [5.41, 5.74) is 1.13. The molecule has 1 heterocycles. The van der Waals surface area contributed by atoms with Gasteiger partial charge in [-0.25, -0.2) is 13.1 Å². The second-order valence-corrected chi connectivity index (χ2v) is 6.96. The van der Waals surface area contributed by atoms with E-state index in [-0.39, 0.29) is 11.5 Å². The molecular formula is C14H27N3O3S. The van der Waals surface area contributed by atoms with E-state index >= 15 is 0 Å². The molecule has 0 radical (unpaired) electrons. The summed E-state index contributed by atoms with van der Waals surface area (Å²) in [5.74, 6) is 0. The van der Waals surface area contributed by atoms with Crippen LogP contribution in [0.1, 0.15) is 50.4 Å². The summed E-state index contributed by atoms with van der Waals surface area (Å²) >= 11 is 0. The minimum Gasteiger partial charge on any atom is -0.396 e. The number of nitrogens with one attached hydrogen (secondary N) is 1. The Balaban J connectivity index is 2.76. The Morgan fingerprint density at radius 3 is 2.52 bits per heavy atom. The van der Waals surface area contributed by atoms with Crippen LogP contribution in [0.5, 0.6) is 0 Å². The van der Waals surface area contributed by atoms with Crippen molar-refractivity contribution in [2.45, 2.75) is 64.3 Å². The van der Waals surface area contributed by atoms with Crippen LogP contribution in [0.15, 0.2) is 4.90 Å². The maximum absolute atomic E-state index is 12.4. The smallest absolute Gasteiger partial charge is 0.244 e. The predicted molar refractivity (Wildman–Crippen MR) is 82.7 cm³/mol. The molecule has 0 unspecified atom stereocenters. The van der Waals surface area contributed by atoms with Crippen LogP contribution >= 0.6 is 0 Å². The van der Waals surface area contributed by atoms with Gasteiger partial charge < -0.3 is 5.11 Å².